The summed E-state index contributed by atoms with van der Waals surface area (Å²) in [5.41, 5.74) is 3.06. The molecular weight excluding hydrogens is 419 g/mol. The van der Waals surface area contributed by atoms with Gasteiger partial charge in [0.15, 0.2) is 5.96 Å². The summed E-state index contributed by atoms with van der Waals surface area (Å²) < 4.78 is 0. The van der Waals surface area contributed by atoms with Gasteiger partial charge in [0.05, 0.1) is 24.7 Å². The largest absolute Gasteiger partial charge is 0.357 e. The molecule has 0 amide bonds. The van der Waals surface area contributed by atoms with Crippen molar-refractivity contribution in [2.75, 3.05) is 6.54 Å². The van der Waals surface area contributed by atoms with E-state index >= 15 is 0 Å². The normalized spacial score (nSPS) is 10.6. The van der Waals surface area contributed by atoms with Gasteiger partial charge >= 0.3 is 0 Å². The maximum absolute atomic E-state index is 8.80. The molecule has 0 fully saturated rings. The van der Waals surface area contributed by atoms with Gasteiger partial charge in [-0.15, -0.1) is 35.3 Å². The lowest BCUT2D eigenvalue weighted by Gasteiger charge is -2.11. The molecule has 0 saturated carbocycles. The highest BCUT2D eigenvalue weighted by atomic mass is 127. The Bertz CT molecular complexity index is 671. The van der Waals surface area contributed by atoms with Gasteiger partial charge in [0.25, 0.3) is 0 Å². The van der Waals surface area contributed by atoms with Gasteiger partial charge in [-0.3, -0.25) is 0 Å². The van der Waals surface area contributed by atoms with E-state index in [1.165, 1.54) is 10.4 Å². The third-order valence-corrected chi connectivity index (χ3v) is 4.25. The van der Waals surface area contributed by atoms with E-state index in [0.29, 0.717) is 12.1 Å². The van der Waals surface area contributed by atoms with Crippen LogP contribution in [0.1, 0.15) is 28.5 Å². The summed E-state index contributed by atoms with van der Waals surface area (Å²) in [5.74, 6) is 0.805. The minimum Gasteiger partial charge on any atom is -0.357 e. The summed E-state index contributed by atoms with van der Waals surface area (Å²) in [6, 6.07) is 11.8. The molecule has 1 heterocycles. The average Bonchev–Trinajstić information content (AvgIpc) is 2.96. The summed E-state index contributed by atoms with van der Waals surface area (Å²) in [6.45, 7) is 6.36. The summed E-state index contributed by atoms with van der Waals surface area (Å²) in [4.78, 5) is 5.91. The second kappa shape index (κ2) is 10.2. The minimum absolute atomic E-state index is 0. The van der Waals surface area contributed by atoms with Crippen LogP contribution in [-0.2, 0) is 13.1 Å². The Morgan fingerprint density at radius 3 is 2.52 bits per heavy atom. The molecule has 1 aromatic carbocycles. The van der Waals surface area contributed by atoms with Crippen molar-refractivity contribution in [3.05, 3.63) is 57.3 Å². The predicted octanol–water partition coefficient (Wildman–Crippen LogP) is 3.80. The highest BCUT2D eigenvalue weighted by Gasteiger charge is 2.02. The van der Waals surface area contributed by atoms with E-state index in [2.05, 4.69) is 47.0 Å². The molecule has 0 bridgehead atoms. The molecule has 0 saturated heterocycles. The Morgan fingerprint density at radius 1 is 1.22 bits per heavy atom. The molecule has 1 aromatic heterocycles. The number of rotatable bonds is 5. The van der Waals surface area contributed by atoms with Crippen LogP contribution in [0.25, 0.3) is 0 Å². The number of aliphatic imine (C=N–C) groups is 1. The van der Waals surface area contributed by atoms with E-state index in [0.717, 1.165) is 24.6 Å². The molecule has 0 aliphatic rings. The summed E-state index contributed by atoms with van der Waals surface area (Å²) in [6.07, 6.45) is 0. The number of nitrogens with zero attached hydrogens (tertiary/aromatic N) is 2. The van der Waals surface area contributed by atoms with Crippen LogP contribution in [0.5, 0.6) is 0 Å². The predicted molar refractivity (Wildman–Crippen MR) is 107 cm³/mol. The molecule has 6 heteroatoms. The van der Waals surface area contributed by atoms with E-state index in [1.807, 2.05) is 24.3 Å². The lowest BCUT2D eigenvalue weighted by molar-refractivity contribution is 0.821. The molecule has 23 heavy (non-hydrogen) atoms. The van der Waals surface area contributed by atoms with Crippen molar-refractivity contribution in [1.82, 2.24) is 10.6 Å². The van der Waals surface area contributed by atoms with Crippen molar-refractivity contribution in [1.29, 1.82) is 5.26 Å². The fourth-order valence-electron chi connectivity index (χ4n) is 1.95. The molecule has 0 radical (unpaired) electrons. The van der Waals surface area contributed by atoms with E-state index in [1.54, 1.807) is 11.3 Å². The summed E-state index contributed by atoms with van der Waals surface area (Å²) in [7, 11) is 0. The van der Waals surface area contributed by atoms with Gasteiger partial charge in [0.2, 0.25) is 0 Å². The first-order chi connectivity index (χ1) is 10.7. The van der Waals surface area contributed by atoms with Crippen LogP contribution in [-0.4, -0.2) is 12.5 Å². The smallest absolute Gasteiger partial charge is 0.191 e. The minimum atomic E-state index is 0. The van der Waals surface area contributed by atoms with Gasteiger partial charge < -0.3 is 10.6 Å². The molecule has 0 atom stereocenters. The average molecular weight is 440 g/mol. The van der Waals surface area contributed by atoms with Gasteiger partial charge in [-0.25, -0.2) is 4.99 Å². The van der Waals surface area contributed by atoms with Crippen molar-refractivity contribution in [2.45, 2.75) is 26.9 Å². The van der Waals surface area contributed by atoms with Gasteiger partial charge in [-0.2, -0.15) is 5.26 Å². The number of nitriles is 1. The molecule has 0 unspecified atom stereocenters. The molecule has 0 aliphatic heterocycles. The topological polar surface area (TPSA) is 60.2 Å². The Labute approximate surface area is 158 Å². The van der Waals surface area contributed by atoms with Gasteiger partial charge in [-0.1, -0.05) is 12.1 Å². The van der Waals surface area contributed by atoms with Crippen molar-refractivity contribution in [3.63, 3.8) is 0 Å². The number of nitrogens with one attached hydrogen (secondary N) is 2. The van der Waals surface area contributed by atoms with Gasteiger partial charge in [0.1, 0.15) is 0 Å². The van der Waals surface area contributed by atoms with E-state index in [9.17, 15) is 0 Å². The van der Waals surface area contributed by atoms with Crippen LogP contribution >= 0.6 is 35.3 Å². The van der Waals surface area contributed by atoms with Crippen LogP contribution in [0.3, 0.4) is 0 Å². The zero-order valence-corrected chi connectivity index (χ0v) is 16.4. The van der Waals surface area contributed by atoms with Gasteiger partial charge in [-0.05, 0) is 48.6 Å². The Kier molecular flexibility index (Phi) is 8.66. The number of hydrogen-bond donors (Lipinski definition) is 2. The summed E-state index contributed by atoms with van der Waals surface area (Å²) >= 11 is 1.75. The molecular formula is C17H21IN4S. The zero-order valence-electron chi connectivity index (χ0n) is 13.3. The highest BCUT2D eigenvalue weighted by molar-refractivity contribution is 14.0. The van der Waals surface area contributed by atoms with Crippen LogP contribution in [0, 0.1) is 18.3 Å². The van der Waals surface area contributed by atoms with Crippen molar-refractivity contribution in [2.24, 2.45) is 4.99 Å². The van der Waals surface area contributed by atoms with E-state index in [-0.39, 0.29) is 24.0 Å². The Morgan fingerprint density at radius 2 is 1.96 bits per heavy atom. The van der Waals surface area contributed by atoms with Crippen molar-refractivity contribution < 1.29 is 0 Å². The molecule has 2 rings (SSSR count). The molecule has 2 N–H and O–H groups in total. The van der Waals surface area contributed by atoms with Gasteiger partial charge in [0, 0.05) is 11.4 Å². The zero-order chi connectivity index (χ0) is 15.8. The van der Waals surface area contributed by atoms with Crippen LogP contribution < -0.4 is 10.6 Å². The Balaban J connectivity index is 0.00000264. The second-order valence-corrected chi connectivity index (χ2v) is 5.88. The first kappa shape index (κ1) is 19.5. The third kappa shape index (κ3) is 6.20. The molecule has 122 valence electrons. The highest BCUT2D eigenvalue weighted by Crippen LogP contribution is 2.14. The third-order valence-electron chi connectivity index (χ3n) is 3.23. The number of guanidine groups is 1. The summed E-state index contributed by atoms with van der Waals surface area (Å²) in [5, 5.41) is 17.5. The standard InChI is InChI=1S/C17H20N4S.HI/c1-3-19-17(21-12-16-13(2)8-9-22-16)20-11-15-6-4-14(10-18)5-7-15;/h4-9H,3,11-12H2,1-2H3,(H2,19,20,21);1H. The molecule has 4 nitrogen and oxygen atoms in total. The first-order valence-electron chi connectivity index (χ1n) is 7.27. The van der Waals surface area contributed by atoms with Crippen LogP contribution in [0.15, 0.2) is 40.7 Å². The maximum Gasteiger partial charge on any atom is 0.191 e. The first-order valence-corrected chi connectivity index (χ1v) is 8.15. The van der Waals surface area contributed by atoms with Crippen molar-refractivity contribution >= 4 is 41.3 Å². The quantitative estimate of drug-likeness (QED) is 0.423. The fourth-order valence-corrected chi connectivity index (χ4v) is 2.79. The lowest BCUT2D eigenvalue weighted by Crippen LogP contribution is -2.36. The number of benzene rings is 1. The number of halogens is 1. The van der Waals surface area contributed by atoms with Crippen LogP contribution in [0.2, 0.25) is 0 Å². The Hall–Kier alpha value is -1.59. The number of hydrogen-bond acceptors (Lipinski definition) is 3. The molecule has 0 aliphatic carbocycles. The van der Waals surface area contributed by atoms with E-state index < -0.39 is 0 Å². The molecule has 0 spiro atoms. The lowest BCUT2D eigenvalue weighted by atomic mass is 10.1. The number of aryl methyl sites for hydroxylation is 1. The fraction of sp³-hybridized carbons (Fsp3) is 0.294. The monoisotopic (exact) mass is 440 g/mol. The molecule has 2 aromatic rings. The van der Waals surface area contributed by atoms with Crippen LogP contribution in [0.4, 0.5) is 0 Å². The number of thiophene rings is 1. The van der Waals surface area contributed by atoms with E-state index in [4.69, 9.17) is 5.26 Å². The second-order valence-electron chi connectivity index (χ2n) is 4.88. The van der Waals surface area contributed by atoms with Crippen molar-refractivity contribution in [3.8, 4) is 6.07 Å². The maximum atomic E-state index is 8.80. The SMILES string of the molecule is CCNC(=NCc1ccc(C#N)cc1)NCc1sccc1C.I.